The first-order valence-electron chi connectivity index (χ1n) is 38.2. The number of aliphatic hydroxyl groups excluding tert-OH is 1. The highest BCUT2D eigenvalue weighted by atomic mass is 32.2. The van der Waals surface area contributed by atoms with E-state index in [4.69, 9.17) is 18.9 Å². The van der Waals surface area contributed by atoms with Crippen LogP contribution in [0.4, 0.5) is 10.5 Å². The number of carbonyl (C=O) groups excluding carboxylic acids is 12. The van der Waals surface area contributed by atoms with E-state index in [1.165, 1.54) is 61.8 Å². The third-order valence-corrected chi connectivity index (χ3v) is 25.9. The summed E-state index contributed by atoms with van der Waals surface area (Å²) in [7, 11) is 6.01. The lowest BCUT2D eigenvalue weighted by molar-refractivity contribution is -0.146. The second-order valence-electron chi connectivity index (χ2n) is 30.8. The van der Waals surface area contributed by atoms with Crippen molar-refractivity contribution in [3.05, 3.63) is 87.7 Å². The molecule has 2 aromatic carbocycles. The van der Waals surface area contributed by atoms with Gasteiger partial charge in [0.05, 0.1) is 90.9 Å². The minimum atomic E-state index is -1.19. The Morgan fingerprint density at radius 3 is 1.91 bits per heavy atom. The van der Waals surface area contributed by atoms with Crippen molar-refractivity contribution in [1.82, 2.24) is 45.8 Å². The van der Waals surface area contributed by atoms with Crippen molar-refractivity contribution in [2.75, 3.05) is 73.0 Å². The van der Waals surface area contributed by atoms with Crippen LogP contribution in [0.2, 0.25) is 0 Å². The minimum absolute atomic E-state index is 0.0873. The van der Waals surface area contributed by atoms with Gasteiger partial charge in [0.2, 0.25) is 41.4 Å². The SMILES string of the molecule is CCC(C)C(C(CC(=O)N1CCCC1C(OC)C(C)C(=O)NC(C)C(O)c1ccccc1)OC)N(C)C(=O)CNC(=O)C(C(C)C)N(C)C(=O)OCc1ccc(NC(=O)CNC(=O)C(NC(=O)COC2CN3C(=O)C=C(SC4(C)CC(CC)(SC5=CC(=O)N(C2)C5=O)C2CCCCCC4CC2)C3=O)C(C)C)cc1. The van der Waals surface area contributed by atoms with Gasteiger partial charge in [0.15, 0.2) is 0 Å². The van der Waals surface area contributed by atoms with E-state index < -0.39 is 161 Å². The number of likely N-dealkylation sites (tertiary alicyclic amines) is 1. The number of amides is 12. The Hall–Kier alpha value is -7.70. The maximum Gasteiger partial charge on any atom is 0.410 e. The van der Waals surface area contributed by atoms with E-state index in [1.54, 1.807) is 89.9 Å². The summed E-state index contributed by atoms with van der Waals surface area (Å²) in [6.45, 7) is 16.5. The first-order chi connectivity index (χ1) is 51.3. The van der Waals surface area contributed by atoms with Crippen LogP contribution in [0.25, 0.3) is 0 Å². The van der Waals surface area contributed by atoms with E-state index >= 15 is 0 Å². The second-order valence-corrected chi connectivity index (χ2v) is 33.8. The van der Waals surface area contributed by atoms with Gasteiger partial charge in [0.1, 0.15) is 25.3 Å². The lowest BCUT2D eigenvalue weighted by atomic mass is 9.77. The predicted octanol–water partition coefficient (Wildman–Crippen LogP) is 7.41. The number of benzene rings is 2. The van der Waals surface area contributed by atoms with Crippen molar-refractivity contribution >= 4 is 100 Å². The molecule has 12 amide bonds. The van der Waals surface area contributed by atoms with Crippen LogP contribution in [0, 0.1) is 35.5 Å². The van der Waals surface area contributed by atoms with E-state index in [1.807, 2.05) is 32.0 Å². The van der Waals surface area contributed by atoms with E-state index in [2.05, 4.69) is 40.4 Å². The summed E-state index contributed by atoms with van der Waals surface area (Å²) < 4.78 is 22.8. The van der Waals surface area contributed by atoms with E-state index in [0.29, 0.717) is 58.9 Å². The number of hydrogen-bond donors (Lipinski definition) is 6. The van der Waals surface area contributed by atoms with Gasteiger partial charge in [0.25, 0.3) is 23.6 Å². The van der Waals surface area contributed by atoms with Gasteiger partial charge < -0.3 is 60.4 Å². The average molecular weight is 1540 g/mol. The monoisotopic (exact) mass is 1540 g/mol. The molecule has 15 unspecified atom stereocenters. The number of nitrogens with zero attached hydrogens (tertiary/aromatic N) is 5. The van der Waals surface area contributed by atoms with Gasteiger partial charge in [-0.2, -0.15) is 0 Å². The van der Waals surface area contributed by atoms with Crippen LogP contribution in [0.3, 0.4) is 0 Å². The number of thioether (sulfide) groups is 2. The zero-order valence-corrected chi connectivity index (χ0v) is 66.8. The third kappa shape index (κ3) is 21.0. The molecule has 108 heavy (non-hydrogen) atoms. The van der Waals surface area contributed by atoms with Gasteiger partial charge in [-0.25, -0.2) is 4.79 Å². The number of nitrogens with one attached hydrogen (secondary N) is 5. The maximum absolute atomic E-state index is 14.4. The molecule has 6 N–H and O–H groups in total. The lowest BCUT2D eigenvalue weighted by Gasteiger charge is -2.45. The van der Waals surface area contributed by atoms with Crippen LogP contribution in [0.1, 0.15) is 170 Å². The molecule has 594 valence electrons. The molecule has 2 aliphatic carbocycles. The average Bonchev–Trinajstić information content (AvgIpc) is 1.58. The summed E-state index contributed by atoms with van der Waals surface area (Å²) in [5.41, 5.74) is 1.54. The fourth-order valence-corrected chi connectivity index (χ4v) is 19.8. The van der Waals surface area contributed by atoms with Gasteiger partial charge in [-0.3, -0.25) is 67.4 Å². The minimum Gasteiger partial charge on any atom is -0.445 e. The Morgan fingerprint density at radius 2 is 1.31 bits per heavy atom. The fourth-order valence-electron chi connectivity index (χ4n) is 16.4. The third-order valence-electron chi connectivity index (χ3n) is 22.8. The fraction of sp³-hybridized carbons (Fsp3) is 0.646. The molecule has 15 atom stereocenters. The van der Waals surface area contributed by atoms with E-state index in [-0.39, 0.29) is 55.7 Å². The van der Waals surface area contributed by atoms with Crippen LogP contribution in [-0.2, 0) is 78.3 Å². The van der Waals surface area contributed by atoms with Crippen LogP contribution in [0.5, 0.6) is 0 Å². The Morgan fingerprint density at radius 1 is 0.685 bits per heavy atom. The largest absolute Gasteiger partial charge is 0.445 e. The quantitative estimate of drug-likeness (QED) is 0.0400. The van der Waals surface area contributed by atoms with Crippen molar-refractivity contribution in [3.8, 4) is 0 Å². The number of rotatable bonds is 31. The molecule has 8 rings (SSSR count). The molecule has 0 spiro atoms. The highest BCUT2D eigenvalue weighted by Gasteiger charge is 2.54. The van der Waals surface area contributed by atoms with Crippen LogP contribution in [-0.4, -0.2) is 226 Å². The topological polar surface area (TPSA) is 338 Å². The second kappa shape index (κ2) is 38.8. The summed E-state index contributed by atoms with van der Waals surface area (Å²) in [4.78, 5) is 174. The van der Waals surface area contributed by atoms with Crippen LogP contribution in [0.15, 0.2) is 76.6 Å². The molecular weight excluding hydrogens is 1430 g/mol. The number of anilines is 1. The highest BCUT2D eigenvalue weighted by molar-refractivity contribution is 8.06. The zero-order chi connectivity index (χ0) is 79.1. The number of aliphatic hydroxyl groups is 1. The molecule has 4 fully saturated rings. The van der Waals surface area contributed by atoms with Gasteiger partial charge >= 0.3 is 6.09 Å². The summed E-state index contributed by atoms with van der Waals surface area (Å²) in [5, 5.41) is 24.5. The smallest absolute Gasteiger partial charge is 0.410 e. The lowest BCUT2D eigenvalue weighted by Crippen LogP contribution is -2.56. The van der Waals surface area contributed by atoms with Crippen molar-refractivity contribution < 1.29 is 81.6 Å². The van der Waals surface area contributed by atoms with Gasteiger partial charge in [-0.1, -0.05) is 124 Å². The Balaban J connectivity index is 0.789. The molecular formula is C79H114N10O17S2. The molecule has 2 saturated carbocycles. The maximum atomic E-state index is 14.4. The van der Waals surface area contributed by atoms with Gasteiger partial charge in [-0.15, -0.1) is 23.5 Å². The van der Waals surface area contributed by atoms with Crippen molar-refractivity contribution in [3.63, 3.8) is 0 Å². The Labute approximate surface area is 644 Å². The summed E-state index contributed by atoms with van der Waals surface area (Å²) in [5.74, 6) is -7.03. The molecule has 2 aromatic rings. The molecule has 29 heteroatoms. The number of ether oxygens (including phenoxy) is 4. The Kier molecular flexibility index (Phi) is 30.8. The molecule has 0 radical (unpaired) electrons. The number of imide groups is 2. The first kappa shape index (κ1) is 85.9. The van der Waals surface area contributed by atoms with E-state index in [9.17, 15) is 62.6 Å². The van der Waals surface area contributed by atoms with Crippen LogP contribution < -0.4 is 26.6 Å². The van der Waals surface area contributed by atoms with Gasteiger partial charge in [0, 0.05) is 62.2 Å². The molecule has 8 bridgehead atoms. The number of hydrogen-bond acceptors (Lipinski definition) is 19. The van der Waals surface area contributed by atoms with E-state index in [0.717, 1.165) is 66.1 Å². The van der Waals surface area contributed by atoms with Crippen LogP contribution >= 0.6 is 23.5 Å². The summed E-state index contributed by atoms with van der Waals surface area (Å²) in [6, 6.07) is 11.5. The predicted molar refractivity (Wildman–Crippen MR) is 409 cm³/mol. The molecule has 0 aromatic heterocycles. The standard InChI is InChI=1S/C79H114N10O17S2/c1-15-48(7)69(58(103-13)36-63(92)87-35-23-28-57(87)71(104-14)49(8)72(97)82-50(9)70(96)52-24-19-17-20-25-52)85(11)66(95)40-81-74(99)68(47(5)6)86(12)77(102)106-43-51-29-33-55(34-30-51)83-61(90)39-80-73(98)67(46(3)4)84-62(91)44-105-56-41-88-64(93)37-59(75(88)100)107-78(10)45-79(16-2,54-27-22-18-21-26-53(78)31-32-54)108-60-38-65(94)89(42-56)76(60)101/h17,19-20,24-25,29-30,33-34,37-38,46-50,53-54,56-58,67-71,96H,15-16,18,21-23,26-28,31-32,35-36,39-45H2,1-14H3,(H,80,98)(H,81,99)(H,82,97)(H,83,90)(H,84,91). The molecule has 2 saturated heterocycles. The summed E-state index contributed by atoms with van der Waals surface area (Å²) in [6.07, 6.45) is 8.71. The first-order valence-corrected chi connectivity index (χ1v) is 39.8. The normalized spacial score (nSPS) is 24.2. The number of fused-ring (bicyclic) bond motifs is 11. The Bertz CT molecular complexity index is 3640. The number of carbonyl (C=O) groups is 12. The molecule has 4 heterocycles. The van der Waals surface area contributed by atoms with Gasteiger partial charge in [-0.05, 0) is 118 Å². The van der Waals surface area contributed by atoms with Crippen molar-refractivity contribution in [2.24, 2.45) is 35.5 Å². The van der Waals surface area contributed by atoms with Crippen molar-refractivity contribution in [1.29, 1.82) is 0 Å². The molecule has 4 aliphatic heterocycles. The number of methoxy groups -OCH3 is 2. The summed E-state index contributed by atoms with van der Waals surface area (Å²) >= 11 is 2.93. The highest BCUT2D eigenvalue weighted by Crippen LogP contribution is 2.60. The molecule has 27 nitrogen and oxygen atoms in total. The zero-order valence-electron chi connectivity index (χ0n) is 65.2. The number of likely N-dealkylation sites (N-methyl/N-ethyl adjacent to an activating group) is 2. The molecule has 6 aliphatic rings. The van der Waals surface area contributed by atoms with Crippen molar-refractivity contribution in [2.45, 2.75) is 223 Å².